The summed E-state index contributed by atoms with van der Waals surface area (Å²) in [5, 5.41) is 3.63. The van der Waals surface area contributed by atoms with E-state index in [0.29, 0.717) is 5.92 Å². The zero-order valence-electron chi connectivity index (χ0n) is 16.7. The van der Waals surface area contributed by atoms with Crippen molar-refractivity contribution in [2.45, 2.75) is 12.8 Å². The van der Waals surface area contributed by atoms with Gasteiger partial charge in [0.05, 0.1) is 0 Å². The number of para-hydroxylation sites is 1. The van der Waals surface area contributed by atoms with Crippen LogP contribution in [0.5, 0.6) is 0 Å². The number of hydrogen-bond acceptors (Lipinski definition) is 2. The number of rotatable bonds is 4. The second-order valence-electron chi connectivity index (χ2n) is 7.66. The van der Waals surface area contributed by atoms with E-state index in [1.165, 1.54) is 23.2 Å². The molecule has 146 valence electrons. The Kier molecular flexibility index (Phi) is 5.95. The maximum atomic E-state index is 4.54. The first-order chi connectivity index (χ1) is 13.8. The molecule has 0 spiro atoms. The van der Waals surface area contributed by atoms with Crippen LogP contribution in [0.2, 0.25) is 0 Å². The lowest BCUT2D eigenvalue weighted by atomic mass is 10.00. The Balaban J connectivity index is 1.28. The van der Waals surface area contributed by atoms with Crippen molar-refractivity contribution >= 4 is 17.2 Å². The Morgan fingerprint density at radius 2 is 1.79 bits per heavy atom. The third-order valence-corrected chi connectivity index (χ3v) is 5.82. The molecule has 0 bridgehead atoms. The number of guanidine groups is 1. The van der Waals surface area contributed by atoms with Gasteiger partial charge >= 0.3 is 0 Å². The highest BCUT2D eigenvalue weighted by atomic mass is 15.3. The highest BCUT2D eigenvalue weighted by molar-refractivity contribution is 5.81. The van der Waals surface area contributed by atoms with Gasteiger partial charge in [-0.05, 0) is 42.0 Å². The summed E-state index contributed by atoms with van der Waals surface area (Å²) in [6.45, 7) is 5.18. The van der Waals surface area contributed by atoms with Crippen LogP contribution in [0.15, 0.2) is 71.7 Å². The van der Waals surface area contributed by atoms with Crippen molar-refractivity contribution in [2.24, 2.45) is 10.9 Å². The minimum Gasteiger partial charge on any atom is -0.371 e. The van der Waals surface area contributed by atoms with Gasteiger partial charge in [-0.15, -0.1) is 0 Å². The van der Waals surface area contributed by atoms with E-state index in [0.717, 1.165) is 45.1 Å². The summed E-state index contributed by atoms with van der Waals surface area (Å²) in [5.74, 6) is 1.69. The summed E-state index contributed by atoms with van der Waals surface area (Å²) >= 11 is 0. The Labute approximate surface area is 168 Å². The van der Waals surface area contributed by atoms with Gasteiger partial charge in [0.25, 0.3) is 0 Å². The molecular formula is C24H30N4. The van der Waals surface area contributed by atoms with E-state index in [2.05, 4.69) is 86.8 Å². The molecule has 2 aliphatic rings. The molecule has 0 aromatic heterocycles. The predicted octanol–water partition coefficient (Wildman–Crippen LogP) is 3.88. The van der Waals surface area contributed by atoms with Crippen molar-refractivity contribution in [3.05, 3.63) is 72.3 Å². The fourth-order valence-electron chi connectivity index (χ4n) is 4.22. The van der Waals surface area contributed by atoms with Crippen LogP contribution < -0.4 is 10.2 Å². The van der Waals surface area contributed by atoms with E-state index in [9.17, 15) is 0 Å². The maximum Gasteiger partial charge on any atom is 0.193 e. The molecule has 4 rings (SSSR count). The van der Waals surface area contributed by atoms with Crippen molar-refractivity contribution in [2.75, 3.05) is 44.7 Å². The zero-order chi connectivity index (χ0) is 19.2. The van der Waals surface area contributed by atoms with Crippen LogP contribution in [-0.2, 0) is 0 Å². The van der Waals surface area contributed by atoms with E-state index >= 15 is 0 Å². The molecule has 2 aromatic rings. The van der Waals surface area contributed by atoms with Crippen LogP contribution in [0.25, 0.3) is 5.57 Å². The number of nitrogens with one attached hydrogen (secondary N) is 1. The lowest BCUT2D eigenvalue weighted by Gasteiger charge is -2.30. The SMILES string of the molecule is CN=C(NCC1CCN(c2ccccc2)C1)N1CC=C(c2ccccc2)CC1. The molecule has 0 radical (unpaired) electrons. The van der Waals surface area contributed by atoms with E-state index in [1.807, 2.05) is 7.05 Å². The predicted molar refractivity (Wildman–Crippen MR) is 119 cm³/mol. The average molecular weight is 375 g/mol. The molecule has 2 aromatic carbocycles. The summed E-state index contributed by atoms with van der Waals surface area (Å²) in [4.78, 5) is 9.38. The third kappa shape index (κ3) is 4.38. The fraction of sp³-hybridized carbons (Fsp3) is 0.375. The lowest BCUT2D eigenvalue weighted by Crippen LogP contribution is -2.45. The monoisotopic (exact) mass is 374 g/mol. The van der Waals surface area contributed by atoms with E-state index < -0.39 is 0 Å². The molecule has 1 atom stereocenters. The van der Waals surface area contributed by atoms with Crippen LogP contribution in [0.4, 0.5) is 5.69 Å². The molecule has 0 saturated carbocycles. The van der Waals surface area contributed by atoms with E-state index in [-0.39, 0.29) is 0 Å². The Morgan fingerprint density at radius 3 is 2.46 bits per heavy atom. The number of hydrogen-bond donors (Lipinski definition) is 1. The molecule has 1 unspecified atom stereocenters. The van der Waals surface area contributed by atoms with Crippen molar-refractivity contribution in [1.82, 2.24) is 10.2 Å². The number of benzene rings is 2. The van der Waals surface area contributed by atoms with Gasteiger partial charge in [-0.1, -0.05) is 54.6 Å². The second kappa shape index (κ2) is 8.96. The third-order valence-electron chi connectivity index (χ3n) is 5.82. The molecule has 0 aliphatic carbocycles. The van der Waals surface area contributed by atoms with Gasteiger partial charge in [-0.3, -0.25) is 4.99 Å². The Morgan fingerprint density at radius 1 is 1.04 bits per heavy atom. The van der Waals surface area contributed by atoms with Gasteiger partial charge in [-0.2, -0.15) is 0 Å². The number of nitrogens with zero attached hydrogens (tertiary/aromatic N) is 3. The fourth-order valence-corrected chi connectivity index (χ4v) is 4.22. The van der Waals surface area contributed by atoms with Gasteiger partial charge < -0.3 is 15.1 Å². The smallest absolute Gasteiger partial charge is 0.193 e. The summed E-state index contributed by atoms with van der Waals surface area (Å²) in [7, 11) is 1.89. The van der Waals surface area contributed by atoms with Crippen molar-refractivity contribution in [3.8, 4) is 0 Å². The summed E-state index contributed by atoms with van der Waals surface area (Å²) < 4.78 is 0. The molecule has 1 saturated heterocycles. The van der Waals surface area contributed by atoms with Gasteiger partial charge in [-0.25, -0.2) is 0 Å². The molecule has 2 aliphatic heterocycles. The van der Waals surface area contributed by atoms with Crippen LogP contribution in [0, 0.1) is 5.92 Å². The molecule has 1 N–H and O–H groups in total. The highest BCUT2D eigenvalue weighted by Gasteiger charge is 2.24. The average Bonchev–Trinajstić information content (AvgIpc) is 3.25. The van der Waals surface area contributed by atoms with Gasteiger partial charge in [0.15, 0.2) is 5.96 Å². The molecule has 1 fully saturated rings. The highest BCUT2D eigenvalue weighted by Crippen LogP contribution is 2.24. The van der Waals surface area contributed by atoms with Crippen molar-refractivity contribution < 1.29 is 0 Å². The minimum atomic E-state index is 0.664. The largest absolute Gasteiger partial charge is 0.371 e. The molecule has 28 heavy (non-hydrogen) atoms. The molecule has 2 heterocycles. The van der Waals surface area contributed by atoms with Crippen LogP contribution in [0.1, 0.15) is 18.4 Å². The first-order valence-corrected chi connectivity index (χ1v) is 10.3. The van der Waals surface area contributed by atoms with Gasteiger partial charge in [0.2, 0.25) is 0 Å². The summed E-state index contributed by atoms with van der Waals surface area (Å²) in [6, 6.07) is 21.4. The standard InChI is InChI=1S/C24H30N4/c1-25-24(27-16-13-22(14-17-27)21-8-4-2-5-9-21)26-18-20-12-15-28(19-20)23-10-6-3-7-11-23/h2-11,13,20H,12,14-19H2,1H3,(H,25,26). The zero-order valence-corrected chi connectivity index (χ0v) is 16.7. The normalized spacial score (nSPS) is 20.2. The Hall–Kier alpha value is -2.75. The summed E-state index contributed by atoms with van der Waals surface area (Å²) in [6.07, 6.45) is 4.64. The molecule has 4 heteroatoms. The quantitative estimate of drug-likeness (QED) is 0.651. The van der Waals surface area contributed by atoms with Gasteiger partial charge in [0, 0.05) is 45.5 Å². The number of aliphatic imine (C=N–C) groups is 1. The van der Waals surface area contributed by atoms with Crippen LogP contribution >= 0.6 is 0 Å². The molecule has 4 nitrogen and oxygen atoms in total. The van der Waals surface area contributed by atoms with E-state index in [4.69, 9.17) is 0 Å². The summed E-state index contributed by atoms with van der Waals surface area (Å²) in [5.41, 5.74) is 4.13. The van der Waals surface area contributed by atoms with E-state index in [1.54, 1.807) is 0 Å². The minimum absolute atomic E-state index is 0.664. The van der Waals surface area contributed by atoms with Gasteiger partial charge in [0.1, 0.15) is 0 Å². The van der Waals surface area contributed by atoms with Crippen LogP contribution in [-0.4, -0.2) is 50.6 Å². The van der Waals surface area contributed by atoms with Crippen LogP contribution in [0.3, 0.4) is 0 Å². The van der Waals surface area contributed by atoms with Crippen molar-refractivity contribution in [3.63, 3.8) is 0 Å². The molecule has 0 amide bonds. The first kappa shape index (κ1) is 18.6. The maximum absolute atomic E-state index is 4.54. The Bertz CT molecular complexity index is 813. The first-order valence-electron chi connectivity index (χ1n) is 10.3. The topological polar surface area (TPSA) is 30.9 Å². The second-order valence-corrected chi connectivity index (χ2v) is 7.66. The lowest BCUT2D eigenvalue weighted by molar-refractivity contribution is 0.431. The molecular weight excluding hydrogens is 344 g/mol. The van der Waals surface area contributed by atoms with Crippen molar-refractivity contribution in [1.29, 1.82) is 0 Å². The number of anilines is 1.